The van der Waals surface area contributed by atoms with E-state index >= 15 is 0 Å². The highest BCUT2D eigenvalue weighted by molar-refractivity contribution is 6.76. The second-order valence-corrected chi connectivity index (χ2v) is 12.2. The van der Waals surface area contributed by atoms with Crippen molar-refractivity contribution in [2.24, 2.45) is 0 Å². The third-order valence-corrected chi connectivity index (χ3v) is 5.15. The van der Waals surface area contributed by atoms with E-state index in [1.807, 2.05) is 19.1 Å². The van der Waals surface area contributed by atoms with E-state index in [1.54, 1.807) is 6.08 Å². The molecule has 1 rings (SSSR count). The number of phenolic OH excluding ortho intramolecular Hbond substituents is 1. The quantitative estimate of drug-likeness (QED) is 0.473. The van der Waals surface area contributed by atoms with Crippen LogP contribution in [0, 0.1) is 6.92 Å². The van der Waals surface area contributed by atoms with Crippen LogP contribution in [0.1, 0.15) is 16.7 Å². The highest BCUT2D eigenvalue weighted by atomic mass is 28.3. The van der Waals surface area contributed by atoms with E-state index in [4.69, 9.17) is 4.74 Å². The smallest absolute Gasteiger partial charge is 0.310 e. The van der Waals surface area contributed by atoms with Gasteiger partial charge in [0.05, 0.1) is 13.0 Å². The molecule has 21 heavy (non-hydrogen) atoms. The number of carbonyl (C=O) groups excluding carboxylic acids is 1. The van der Waals surface area contributed by atoms with E-state index < -0.39 is 8.07 Å². The van der Waals surface area contributed by atoms with Gasteiger partial charge in [-0.2, -0.15) is 0 Å². The maximum Gasteiger partial charge on any atom is 0.310 e. The van der Waals surface area contributed by atoms with Gasteiger partial charge in [0.2, 0.25) is 0 Å². The van der Waals surface area contributed by atoms with Crippen molar-refractivity contribution in [1.82, 2.24) is 0 Å². The fourth-order valence-corrected chi connectivity index (χ4v) is 2.70. The lowest BCUT2D eigenvalue weighted by Crippen LogP contribution is -2.23. The van der Waals surface area contributed by atoms with Gasteiger partial charge in [0.15, 0.2) is 0 Å². The Hall–Kier alpha value is -1.55. The Labute approximate surface area is 128 Å². The Morgan fingerprint density at radius 1 is 1.33 bits per heavy atom. The average Bonchev–Trinajstić information content (AvgIpc) is 2.37. The Morgan fingerprint density at radius 3 is 2.52 bits per heavy atom. The molecular formula is C17H26O3Si. The van der Waals surface area contributed by atoms with E-state index in [2.05, 4.69) is 26.2 Å². The first kappa shape index (κ1) is 17.5. The number of ether oxygens (including phenoxy) is 1. The van der Waals surface area contributed by atoms with E-state index in [9.17, 15) is 9.90 Å². The molecule has 0 aromatic heterocycles. The first-order valence-electron chi connectivity index (χ1n) is 7.31. The standard InChI is InChI=1S/C17H26O3Si/c1-6-7-14-8-9-15(13(2)17(14)19)12-16(18)20-10-11-21(3,4)5/h6,8-9,19H,1,7,10-12H2,2-5H3. The molecule has 1 N–H and O–H groups in total. The zero-order valence-electron chi connectivity index (χ0n) is 13.5. The molecule has 1 aromatic rings. The van der Waals surface area contributed by atoms with Gasteiger partial charge >= 0.3 is 5.97 Å². The van der Waals surface area contributed by atoms with Crippen molar-refractivity contribution in [3.63, 3.8) is 0 Å². The third-order valence-electron chi connectivity index (χ3n) is 3.44. The van der Waals surface area contributed by atoms with Gasteiger partial charge in [0.25, 0.3) is 0 Å². The Morgan fingerprint density at radius 2 is 1.95 bits per heavy atom. The molecule has 1 aromatic carbocycles. The Bertz CT molecular complexity index is 516. The van der Waals surface area contributed by atoms with Crippen LogP contribution < -0.4 is 0 Å². The lowest BCUT2D eigenvalue weighted by atomic mass is 9.99. The van der Waals surface area contributed by atoms with Crippen LogP contribution in [0.2, 0.25) is 25.7 Å². The highest BCUT2D eigenvalue weighted by Crippen LogP contribution is 2.26. The van der Waals surface area contributed by atoms with Crippen LogP contribution in [-0.2, 0) is 22.4 Å². The Balaban J connectivity index is 2.64. The highest BCUT2D eigenvalue weighted by Gasteiger charge is 2.15. The molecule has 0 atom stereocenters. The van der Waals surface area contributed by atoms with E-state index in [0.29, 0.717) is 13.0 Å². The van der Waals surface area contributed by atoms with Gasteiger partial charge in [-0.05, 0) is 36.1 Å². The number of aromatic hydroxyl groups is 1. The van der Waals surface area contributed by atoms with Gasteiger partial charge in [-0.25, -0.2) is 0 Å². The molecule has 0 aliphatic carbocycles. The predicted molar refractivity (Wildman–Crippen MR) is 89.6 cm³/mol. The number of hydrogen-bond acceptors (Lipinski definition) is 3. The van der Waals surface area contributed by atoms with Crippen LogP contribution in [0.5, 0.6) is 5.75 Å². The van der Waals surface area contributed by atoms with Crippen LogP contribution >= 0.6 is 0 Å². The maximum absolute atomic E-state index is 11.9. The van der Waals surface area contributed by atoms with Gasteiger partial charge < -0.3 is 9.84 Å². The van der Waals surface area contributed by atoms with Crippen molar-refractivity contribution in [3.05, 3.63) is 41.5 Å². The number of phenols is 1. The van der Waals surface area contributed by atoms with Crippen molar-refractivity contribution < 1.29 is 14.6 Å². The number of benzene rings is 1. The molecule has 0 saturated carbocycles. The van der Waals surface area contributed by atoms with Crippen LogP contribution in [0.15, 0.2) is 24.8 Å². The second-order valence-electron chi connectivity index (χ2n) is 6.56. The summed E-state index contributed by atoms with van der Waals surface area (Å²) in [6.45, 7) is 12.7. The van der Waals surface area contributed by atoms with Crippen LogP contribution in [-0.4, -0.2) is 25.8 Å². The molecule has 0 bridgehead atoms. The van der Waals surface area contributed by atoms with Crippen molar-refractivity contribution >= 4 is 14.0 Å². The van der Waals surface area contributed by atoms with Crippen molar-refractivity contribution in [1.29, 1.82) is 0 Å². The minimum absolute atomic E-state index is 0.208. The van der Waals surface area contributed by atoms with Gasteiger partial charge in [-0.3, -0.25) is 4.79 Å². The molecule has 0 aliphatic rings. The van der Waals surface area contributed by atoms with Crippen molar-refractivity contribution in [2.45, 2.75) is 45.5 Å². The maximum atomic E-state index is 11.9. The summed E-state index contributed by atoms with van der Waals surface area (Å²) >= 11 is 0. The molecule has 4 heteroatoms. The monoisotopic (exact) mass is 306 g/mol. The fraction of sp³-hybridized carbons (Fsp3) is 0.471. The summed E-state index contributed by atoms with van der Waals surface area (Å²) < 4.78 is 5.29. The molecule has 0 radical (unpaired) electrons. The number of esters is 1. The van der Waals surface area contributed by atoms with Gasteiger partial charge in [-0.15, -0.1) is 6.58 Å². The van der Waals surface area contributed by atoms with Crippen LogP contribution in [0.4, 0.5) is 0 Å². The first-order chi connectivity index (χ1) is 9.74. The first-order valence-corrected chi connectivity index (χ1v) is 11.0. The lowest BCUT2D eigenvalue weighted by molar-refractivity contribution is -0.142. The Kier molecular flexibility index (Phi) is 6.21. The van der Waals surface area contributed by atoms with Gasteiger partial charge in [0.1, 0.15) is 5.75 Å². The van der Waals surface area contributed by atoms with Crippen LogP contribution in [0.25, 0.3) is 0 Å². The summed E-state index contributed by atoms with van der Waals surface area (Å²) in [5.74, 6) is 0.0227. The molecule has 0 heterocycles. The number of carbonyl (C=O) groups is 1. The molecule has 0 aliphatic heterocycles. The summed E-state index contributed by atoms with van der Waals surface area (Å²) in [6, 6.07) is 4.70. The molecule has 0 spiro atoms. The molecule has 116 valence electrons. The second kappa shape index (κ2) is 7.45. The minimum Gasteiger partial charge on any atom is -0.507 e. The predicted octanol–water partition coefficient (Wildman–Crippen LogP) is 3.85. The summed E-state index contributed by atoms with van der Waals surface area (Å²) in [5.41, 5.74) is 2.40. The molecule has 0 amide bonds. The number of hydrogen-bond donors (Lipinski definition) is 1. The summed E-state index contributed by atoms with van der Waals surface area (Å²) in [6.07, 6.45) is 2.58. The van der Waals surface area contributed by atoms with E-state index in [1.165, 1.54) is 0 Å². The molecular weight excluding hydrogens is 280 g/mol. The normalized spacial score (nSPS) is 11.2. The number of allylic oxidation sites excluding steroid dienone is 1. The molecule has 0 saturated heterocycles. The fourth-order valence-electron chi connectivity index (χ4n) is 1.99. The lowest BCUT2D eigenvalue weighted by Gasteiger charge is -2.15. The van der Waals surface area contributed by atoms with Gasteiger partial charge in [0, 0.05) is 8.07 Å². The summed E-state index contributed by atoms with van der Waals surface area (Å²) in [5, 5.41) is 10.1. The zero-order chi connectivity index (χ0) is 16.0. The molecule has 0 unspecified atom stereocenters. The molecule has 3 nitrogen and oxygen atoms in total. The van der Waals surface area contributed by atoms with E-state index in [-0.39, 0.29) is 18.1 Å². The zero-order valence-corrected chi connectivity index (χ0v) is 14.5. The largest absolute Gasteiger partial charge is 0.507 e. The SMILES string of the molecule is C=CCc1ccc(CC(=O)OCC[Si](C)(C)C)c(C)c1O. The third kappa shape index (κ3) is 5.75. The van der Waals surface area contributed by atoms with Gasteiger partial charge in [-0.1, -0.05) is 37.8 Å². The van der Waals surface area contributed by atoms with Crippen molar-refractivity contribution in [2.75, 3.05) is 6.61 Å². The minimum atomic E-state index is -1.18. The van der Waals surface area contributed by atoms with Crippen molar-refractivity contribution in [3.8, 4) is 5.75 Å². The van der Waals surface area contributed by atoms with Crippen LogP contribution in [0.3, 0.4) is 0 Å². The summed E-state index contributed by atoms with van der Waals surface area (Å²) in [7, 11) is -1.18. The average molecular weight is 306 g/mol. The number of rotatable bonds is 7. The molecule has 0 fully saturated rings. The van der Waals surface area contributed by atoms with E-state index in [0.717, 1.165) is 22.7 Å². The summed E-state index contributed by atoms with van der Waals surface area (Å²) in [4.78, 5) is 11.9. The topological polar surface area (TPSA) is 46.5 Å².